The molecule has 0 spiro atoms. The van der Waals surface area contributed by atoms with E-state index in [0.717, 1.165) is 43.4 Å². The molecule has 1 unspecified atom stereocenters. The minimum absolute atomic E-state index is 0.128. The summed E-state index contributed by atoms with van der Waals surface area (Å²) in [6, 6.07) is 10.3. The molecule has 0 saturated heterocycles. The Balaban J connectivity index is 1.83. The molecule has 0 bridgehead atoms. The Morgan fingerprint density at radius 3 is 2.69 bits per heavy atom. The van der Waals surface area contributed by atoms with E-state index < -0.39 is 0 Å². The van der Waals surface area contributed by atoms with E-state index in [-0.39, 0.29) is 11.4 Å². The number of hydrogen-bond donors (Lipinski definition) is 1. The molecule has 3 rings (SSSR count). The van der Waals surface area contributed by atoms with E-state index in [1.807, 2.05) is 18.2 Å². The predicted molar refractivity (Wildman–Crippen MR) is 107 cm³/mol. The fraction of sp³-hybridized carbons (Fsp3) is 0.455. The van der Waals surface area contributed by atoms with Crippen LogP contribution in [0.3, 0.4) is 0 Å². The van der Waals surface area contributed by atoms with Crippen molar-refractivity contribution in [3.63, 3.8) is 0 Å². The fourth-order valence-electron chi connectivity index (χ4n) is 4.08. The monoisotopic (exact) mass is 370 g/mol. The number of rotatable bonds is 6. The van der Waals surface area contributed by atoms with Crippen molar-refractivity contribution in [1.29, 1.82) is 0 Å². The number of nitrogens with zero attached hydrogens (tertiary/aromatic N) is 1. The highest BCUT2D eigenvalue weighted by atomic mass is 35.5. The molecule has 4 heteroatoms. The van der Waals surface area contributed by atoms with Crippen molar-refractivity contribution in [3.05, 3.63) is 63.9 Å². The number of amides is 1. The minimum Gasteiger partial charge on any atom is -0.346 e. The van der Waals surface area contributed by atoms with E-state index in [9.17, 15) is 4.79 Å². The molecule has 1 aliphatic rings. The molecule has 1 aromatic heterocycles. The maximum atomic E-state index is 13.0. The van der Waals surface area contributed by atoms with Crippen LogP contribution in [0.5, 0.6) is 0 Å². The van der Waals surface area contributed by atoms with Crippen molar-refractivity contribution in [2.24, 2.45) is 5.92 Å². The first-order valence-electron chi connectivity index (χ1n) is 9.40. The number of fused-ring (bicyclic) bond motifs is 1. The summed E-state index contributed by atoms with van der Waals surface area (Å²) in [4.78, 5) is 17.5. The summed E-state index contributed by atoms with van der Waals surface area (Å²) < 4.78 is 0. The Labute approximate surface area is 161 Å². The molecule has 1 aliphatic carbocycles. The molecule has 1 aromatic carbocycles. The predicted octanol–water partition coefficient (Wildman–Crippen LogP) is 5.00. The molecular weight excluding hydrogens is 344 g/mol. The van der Waals surface area contributed by atoms with Crippen molar-refractivity contribution in [1.82, 2.24) is 10.3 Å². The summed E-state index contributed by atoms with van der Waals surface area (Å²) in [7, 11) is 0. The average molecular weight is 371 g/mol. The Morgan fingerprint density at radius 1 is 1.27 bits per heavy atom. The molecule has 2 aromatic rings. The van der Waals surface area contributed by atoms with Crippen LogP contribution in [0.15, 0.2) is 36.5 Å². The number of halogens is 1. The van der Waals surface area contributed by atoms with Crippen molar-refractivity contribution >= 4 is 17.5 Å². The first kappa shape index (κ1) is 18.9. The van der Waals surface area contributed by atoms with Crippen LogP contribution in [0.1, 0.15) is 60.8 Å². The third kappa shape index (κ3) is 4.27. The van der Waals surface area contributed by atoms with Crippen LogP contribution in [0.25, 0.3) is 0 Å². The zero-order chi connectivity index (χ0) is 18.7. The van der Waals surface area contributed by atoms with Gasteiger partial charge in [0, 0.05) is 17.4 Å². The van der Waals surface area contributed by atoms with Gasteiger partial charge in [-0.15, -0.1) is 0 Å². The second-order valence-corrected chi connectivity index (χ2v) is 8.42. The molecule has 138 valence electrons. The second-order valence-electron chi connectivity index (χ2n) is 8.04. The van der Waals surface area contributed by atoms with E-state index in [2.05, 4.69) is 43.2 Å². The molecule has 1 N–H and O–H groups in total. The molecule has 0 radical (unpaired) electrons. The lowest BCUT2D eigenvalue weighted by Gasteiger charge is -2.33. The zero-order valence-corrected chi connectivity index (χ0v) is 16.6. The second kappa shape index (κ2) is 7.79. The fourth-order valence-corrected chi connectivity index (χ4v) is 4.42. The maximum Gasteiger partial charge on any atom is 0.254 e. The highest BCUT2D eigenvalue weighted by molar-refractivity contribution is 6.34. The van der Waals surface area contributed by atoms with Gasteiger partial charge in [0.25, 0.3) is 5.91 Å². The molecule has 26 heavy (non-hydrogen) atoms. The molecule has 1 heterocycles. The van der Waals surface area contributed by atoms with Crippen LogP contribution >= 0.6 is 11.6 Å². The average Bonchev–Trinajstić information content (AvgIpc) is 3.04. The van der Waals surface area contributed by atoms with Gasteiger partial charge in [0.1, 0.15) is 0 Å². The number of hydrogen-bond acceptors (Lipinski definition) is 2. The van der Waals surface area contributed by atoms with E-state index >= 15 is 0 Å². The Bertz CT molecular complexity index is 788. The molecule has 1 atom stereocenters. The highest BCUT2D eigenvalue weighted by Gasteiger charge is 2.30. The number of benzene rings is 1. The Hall–Kier alpha value is -1.87. The molecule has 1 amide bonds. The topological polar surface area (TPSA) is 42.0 Å². The summed E-state index contributed by atoms with van der Waals surface area (Å²) in [5.74, 6) is 0.342. The summed E-state index contributed by atoms with van der Waals surface area (Å²) in [5.41, 5.74) is 3.47. The largest absolute Gasteiger partial charge is 0.346 e. The normalized spacial score (nSPS) is 15.6. The van der Waals surface area contributed by atoms with Crippen LogP contribution in [-0.2, 0) is 19.3 Å². The lowest BCUT2D eigenvalue weighted by atomic mass is 9.84. The number of aromatic nitrogens is 1. The molecular formula is C22H27ClN2O. The smallest absolute Gasteiger partial charge is 0.254 e. The van der Waals surface area contributed by atoms with Crippen LogP contribution in [0.4, 0.5) is 0 Å². The van der Waals surface area contributed by atoms with Crippen molar-refractivity contribution in [3.8, 4) is 0 Å². The van der Waals surface area contributed by atoms with E-state index in [1.54, 1.807) is 6.20 Å². The molecule has 0 aliphatic heterocycles. The third-order valence-corrected chi connectivity index (χ3v) is 5.43. The zero-order valence-electron chi connectivity index (χ0n) is 15.8. The van der Waals surface area contributed by atoms with E-state index in [0.29, 0.717) is 16.5 Å². The quantitative estimate of drug-likeness (QED) is 0.777. The number of carbonyl (C=O) groups excluding carboxylic acids is 1. The van der Waals surface area contributed by atoms with Gasteiger partial charge in [-0.1, -0.05) is 55.8 Å². The van der Waals surface area contributed by atoms with Crippen molar-refractivity contribution in [2.45, 2.75) is 58.4 Å². The number of aryl methyl sites for hydroxylation is 1. The van der Waals surface area contributed by atoms with Gasteiger partial charge in [0.05, 0.1) is 10.6 Å². The third-order valence-electron chi connectivity index (χ3n) is 5.00. The number of pyridine rings is 1. The molecule has 3 nitrogen and oxygen atoms in total. The number of carbonyl (C=O) groups is 1. The van der Waals surface area contributed by atoms with Gasteiger partial charge in [-0.3, -0.25) is 9.78 Å². The highest BCUT2D eigenvalue weighted by Crippen LogP contribution is 2.30. The standard InChI is InChI=1S/C22H27ClN2O/c1-15(2)12-22(3,13-16-8-5-4-6-9-16)25-21(26)18-14-24-19-11-7-10-17(19)20(18)23/h4-6,8-9,14-15H,7,10-13H2,1-3H3,(H,25,26). The van der Waals surface area contributed by atoms with Crippen molar-refractivity contribution < 1.29 is 4.79 Å². The van der Waals surface area contributed by atoms with Crippen LogP contribution in [0, 0.1) is 5.92 Å². The van der Waals surface area contributed by atoms with Gasteiger partial charge in [0.2, 0.25) is 0 Å². The summed E-state index contributed by atoms with van der Waals surface area (Å²) in [6.07, 6.45) is 6.25. The summed E-state index contributed by atoms with van der Waals surface area (Å²) in [6.45, 7) is 6.48. The lowest BCUT2D eigenvalue weighted by molar-refractivity contribution is 0.0894. The Morgan fingerprint density at radius 2 is 2.00 bits per heavy atom. The van der Waals surface area contributed by atoms with Crippen LogP contribution in [-0.4, -0.2) is 16.4 Å². The summed E-state index contributed by atoms with van der Waals surface area (Å²) in [5, 5.41) is 3.84. The van der Waals surface area contributed by atoms with Gasteiger partial charge >= 0.3 is 0 Å². The van der Waals surface area contributed by atoms with E-state index in [4.69, 9.17) is 11.6 Å². The SMILES string of the molecule is CC(C)CC(C)(Cc1ccccc1)NC(=O)c1cnc2c(c1Cl)CCC2. The Kier molecular flexibility index (Phi) is 5.67. The van der Waals surface area contributed by atoms with Gasteiger partial charge in [-0.25, -0.2) is 0 Å². The van der Waals surface area contributed by atoms with Gasteiger partial charge < -0.3 is 5.32 Å². The molecule has 0 fully saturated rings. The van der Waals surface area contributed by atoms with Gasteiger partial charge in [0.15, 0.2) is 0 Å². The first-order chi connectivity index (χ1) is 12.4. The first-order valence-corrected chi connectivity index (χ1v) is 9.78. The maximum absolute atomic E-state index is 13.0. The minimum atomic E-state index is -0.338. The van der Waals surface area contributed by atoms with Crippen LogP contribution in [0.2, 0.25) is 5.02 Å². The van der Waals surface area contributed by atoms with Crippen molar-refractivity contribution in [2.75, 3.05) is 0 Å². The van der Waals surface area contributed by atoms with Gasteiger partial charge in [-0.2, -0.15) is 0 Å². The lowest BCUT2D eigenvalue weighted by Crippen LogP contribution is -2.48. The van der Waals surface area contributed by atoms with E-state index in [1.165, 1.54) is 5.56 Å². The molecule has 0 saturated carbocycles. The summed E-state index contributed by atoms with van der Waals surface area (Å²) >= 11 is 6.54. The number of nitrogens with one attached hydrogen (secondary N) is 1. The van der Waals surface area contributed by atoms with Gasteiger partial charge in [-0.05, 0) is 56.1 Å². The van der Waals surface area contributed by atoms with Crippen LogP contribution < -0.4 is 5.32 Å².